The molecular weight excluding hydrogens is 392 g/mol. The summed E-state index contributed by atoms with van der Waals surface area (Å²) in [4.78, 5) is 2.44. The van der Waals surface area contributed by atoms with Crippen molar-refractivity contribution < 1.29 is 19.3 Å². The molecule has 2 aliphatic rings. The van der Waals surface area contributed by atoms with E-state index in [1.165, 1.54) is 24.8 Å². The van der Waals surface area contributed by atoms with Crippen LogP contribution in [0.2, 0.25) is 0 Å². The summed E-state index contributed by atoms with van der Waals surface area (Å²) in [5, 5.41) is 13.3. The van der Waals surface area contributed by atoms with Crippen LogP contribution in [0, 0.1) is 0 Å². The first kappa shape index (κ1) is 24.3. The quantitative estimate of drug-likeness (QED) is 0.492. The smallest absolute Gasteiger partial charge is 0.161 e. The molecule has 3 rings (SSSR count). The van der Waals surface area contributed by atoms with Gasteiger partial charge in [0.2, 0.25) is 0 Å². The molecule has 3 atom stereocenters. The molecule has 0 spiro atoms. The zero-order chi connectivity index (χ0) is 22.1. The van der Waals surface area contributed by atoms with E-state index in [0.717, 1.165) is 56.8 Å². The first-order valence-corrected chi connectivity index (χ1v) is 12.1. The maximum Gasteiger partial charge on any atom is 0.161 e. The van der Waals surface area contributed by atoms with Gasteiger partial charge in [-0.05, 0) is 56.3 Å². The topological polar surface area (TPSA) is 63.2 Å². The minimum Gasteiger partial charge on any atom is -0.493 e. The Labute approximate surface area is 188 Å². The van der Waals surface area contributed by atoms with Crippen molar-refractivity contribution in [2.45, 2.75) is 83.1 Å². The van der Waals surface area contributed by atoms with E-state index in [0.29, 0.717) is 25.3 Å². The maximum atomic E-state index is 9.91. The molecular formula is C25H42N2O4. The van der Waals surface area contributed by atoms with E-state index >= 15 is 0 Å². The predicted molar refractivity (Wildman–Crippen MR) is 124 cm³/mol. The van der Waals surface area contributed by atoms with Crippen LogP contribution in [0.5, 0.6) is 11.5 Å². The lowest BCUT2D eigenvalue weighted by Crippen LogP contribution is -2.46. The van der Waals surface area contributed by atoms with Gasteiger partial charge in [0.15, 0.2) is 11.5 Å². The summed E-state index contributed by atoms with van der Waals surface area (Å²) in [7, 11) is 1.69. The lowest BCUT2D eigenvalue weighted by atomic mass is 9.91. The van der Waals surface area contributed by atoms with Crippen molar-refractivity contribution in [3.05, 3.63) is 23.8 Å². The third-order valence-corrected chi connectivity index (χ3v) is 6.41. The maximum absolute atomic E-state index is 9.91. The number of aliphatic hydroxyl groups is 1. The van der Waals surface area contributed by atoms with Crippen molar-refractivity contribution in [1.29, 1.82) is 0 Å². The van der Waals surface area contributed by atoms with E-state index in [-0.39, 0.29) is 12.2 Å². The Hall–Kier alpha value is -1.34. The molecule has 1 aliphatic heterocycles. The van der Waals surface area contributed by atoms with Crippen molar-refractivity contribution in [1.82, 2.24) is 10.2 Å². The molecule has 6 heteroatoms. The van der Waals surface area contributed by atoms with Crippen LogP contribution < -0.4 is 14.8 Å². The van der Waals surface area contributed by atoms with Crippen LogP contribution in [-0.4, -0.2) is 74.3 Å². The first-order chi connectivity index (χ1) is 15.1. The van der Waals surface area contributed by atoms with E-state index in [2.05, 4.69) is 36.2 Å². The van der Waals surface area contributed by atoms with Gasteiger partial charge < -0.3 is 24.6 Å². The molecule has 0 radical (unpaired) electrons. The standard InChI is InChI=1S/C25H42N2O4/c1-19(2)26-13-6-15-30-24-10-9-20(17-25(24)29-3)12-16-31-23-8-5-4-7-22(23)27-14-11-21(28)18-27/h9-10,17,19,21-23,26,28H,4-8,11-16,18H2,1-3H3/t21-,22-,23-/m1/s1. The minimum absolute atomic E-state index is 0.165. The summed E-state index contributed by atoms with van der Waals surface area (Å²) >= 11 is 0. The summed E-state index contributed by atoms with van der Waals surface area (Å²) < 4.78 is 17.8. The monoisotopic (exact) mass is 434 g/mol. The van der Waals surface area contributed by atoms with Crippen LogP contribution in [0.1, 0.15) is 57.9 Å². The number of nitrogens with one attached hydrogen (secondary N) is 1. The Morgan fingerprint density at radius 3 is 2.71 bits per heavy atom. The second kappa shape index (κ2) is 12.6. The van der Waals surface area contributed by atoms with Gasteiger partial charge in [0.1, 0.15) is 0 Å². The lowest BCUT2D eigenvalue weighted by molar-refractivity contribution is -0.0316. The molecule has 1 saturated carbocycles. The Morgan fingerprint density at radius 1 is 1.13 bits per heavy atom. The molecule has 6 nitrogen and oxygen atoms in total. The summed E-state index contributed by atoms with van der Waals surface area (Å²) in [6.07, 6.45) is 7.65. The number of methoxy groups -OCH3 is 1. The fourth-order valence-electron chi connectivity index (χ4n) is 4.72. The van der Waals surface area contributed by atoms with Crippen molar-refractivity contribution in [2.75, 3.05) is 40.0 Å². The van der Waals surface area contributed by atoms with Gasteiger partial charge in [-0.25, -0.2) is 0 Å². The van der Waals surface area contributed by atoms with Crippen molar-refractivity contribution in [3.63, 3.8) is 0 Å². The van der Waals surface area contributed by atoms with E-state index in [1.807, 2.05) is 6.07 Å². The molecule has 0 unspecified atom stereocenters. The predicted octanol–water partition coefficient (Wildman–Crippen LogP) is 3.40. The number of aliphatic hydroxyl groups excluding tert-OH is 1. The highest BCUT2D eigenvalue weighted by Crippen LogP contribution is 2.30. The third-order valence-electron chi connectivity index (χ3n) is 6.41. The SMILES string of the molecule is COc1cc(CCO[C@@H]2CCCC[C@H]2N2CC[C@@H](O)C2)ccc1OCCCNC(C)C. The molecule has 1 aliphatic carbocycles. The average molecular weight is 435 g/mol. The van der Waals surface area contributed by atoms with Crippen LogP contribution in [0.4, 0.5) is 0 Å². The Bertz CT molecular complexity index is 654. The van der Waals surface area contributed by atoms with Gasteiger partial charge in [0.05, 0.1) is 32.5 Å². The van der Waals surface area contributed by atoms with Gasteiger partial charge in [0.25, 0.3) is 0 Å². The lowest BCUT2D eigenvalue weighted by Gasteiger charge is -2.37. The zero-order valence-electron chi connectivity index (χ0n) is 19.6. The van der Waals surface area contributed by atoms with Gasteiger partial charge in [-0.1, -0.05) is 32.8 Å². The molecule has 0 bridgehead atoms. The van der Waals surface area contributed by atoms with Gasteiger partial charge >= 0.3 is 0 Å². The molecule has 176 valence electrons. The molecule has 31 heavy (non-hydrogen) atoms. The first-order valence-electron chi connectivity index (χ1n) is 12.1. The molecule has 2 N–H and O–H groups in total. The fraction of sp³-hybridized carbons (Fsp3) is 0.760. The van der Waals surface area contributed by atoms with E-state index in [1.54, 1.807) is 7.11 Å². The Kier molecular flexibility index (Phi) is 9.91. The van der Waals surface area contributed by atoms with E-state index in [9.17, 15) is 5.11 Å². The van der Waals surface area contributed by atoms with Crippen LogP contribution in [-0.2, 0) is 11.2 Å². The number of likely N-dealkylation sites (tertiary alicyclic amines) is 1. The number of rotatable bonds is 12. The van der Waals surface area contributed by atoms with Gasteiger partial charge in [-0.2, -0.15) is 0 Å². The largest absolute Gasteiger partial charge is 0.493 e. The molecule has 1 aromatic rings. The molecule has 2 fully saturated rings. The van der Waals surface area contributed by atoms with Gasteiger partial charge in [0, 0.05) is 25.2 Å². The highest BCUT2D eigenvalue weighted by Gasteiger charge is 2.34. The molecule has 1 heterocycles. The summed E-state index contributed by atoms with van der Waals surface area (Å²) in [5.41, 5.74) is 1.20. The number of benzene rings is 1. The van der Waals surface area contributed by atoms with Crippen molar-refractivity contribution in [2.24, 2.45) is 0 Å². The molecule has 0 amide bonds. The molecule has 1 saturated heterocycles. The van der Waals surface area contributed by atoms with Gasteiger partial charge in [-0.15, -0.1) is 0 Å². The van der Waals surface area contributed by atoms with E-state index < -0.39 is 0 Å². The van der Waals surface area contributed by atoms with Crippen LogP contribution >= 0.6 is 0 Å². The van der Waals surface area contributed by atoms with Crippen molar-refractivity contribution in [3.8, 4) is 11.5 Å². The van der Waals surface area contributed by atoms with Crippen molar-refractivity contribution >= 4 is 0 Å². The highest BCUT2D eigenvalue weighted by atomic mass is 16.5. The van der Waals surface area contributed by atoms with Crippen LogP contribution in [0.25, 0.3) is 0 Å². The molecule has 1 aromatic carbocycles. The number of β-amino-alcohol motifs (C(OH)–C–C–N with tert-alkyl or cyclic N) is 1. The fourth-order valence-corrected chi connectivity index (χ4v) is 4.72. The van der Waals surface area contributed by atoms with Crippen LogP contribution in [0.15, 0.2) is 18.2 Å². The number of nitrogens with zero attached hydrogens (tertiary/aromatic N) is 1. The van der Waals surface area contributed by atoms with E-state index in [4.69, 9.17) is 14.2 Å². The normalized spacial score (nSPS) is 24.6. The number of ether oxygens (including phenoxy) is 3. The van der Waals surface area contributed by atoms with Crippen LogP contribution in [0.3, 0.4) is 0 Å². The minimum atomic E-state index is -0.165. The Morgan fingerprint density at radius 2 is 1.97 bits per heavy atom. The second-order valence-corrected chi connectivity index (χ2v) is 9.24. The highest BCUT2D eigenvalue weighted by molar-refractivity contribution is 5.43. The second-order valence-electron chi connectivity index (χ2n) is 9.24. The number of hydrogen-bond donors (Lipinski definition) is 2. The average Bonchev–Trinajstić information content (AvgIpc) is 3.20. The third kappa shape index (κ3) is 7.63. The summed E-state index contributed by atoms with van der Waals surface area (Å²) in [6.45, 7) is 8.44. The summed E-state index contributed by atoms with van der Waals surface area (Å²) in [6, 6.07) is 7.16. The zero-order valence-corrected chi connectivity index (χ0v) is 19.6. The molecule has 0 aromatic heterocycles. The Balaban J connectivity index is 1.45. The number of hydrogen-bond acceptors (Lipinski definition) is 6. The summed E-state index contributed by atoms with van der Waals surface area (Å²) in [5.74, 6) is 1.59. The van der Waals surface area contributed by atoms with Gasteiger partial charge in [-0.3, -0.25) is 4.90 Å².